The first kappa shape index (κ1) is 23.7. The lowest BCUT2D eigenvalue weighted by Crippen LogP contribution is -2.22. The Labute approximate surface area is 220 Å². The molecule has 0 atom stereocenters. The van der Waals surface area contributed by atoms with Crippen LogP contribution in [0.15, 0.2) is 77.3 Å². The molecule has 2 aromatic carbocycles. The predicted molar refractivity (Wildman–Crippen MR) is 146 cm³/mol. The maximum absolute atomic E-state index is 13.5. The van der Waals surface area contributed by atoms with Gasteiger partial charge in [-0.1, -0.05) is 12.1 Å². The SMILES string of the molecule is COc1cc2cc(CO)nc(-c3ccnc(-n4ncc5c(-c6nccs6)cccc5c4=O)c3)c2cc1OC. The van der Waals surface area contributed by atoms with E-state index in [1.165, 1.54) is 16.0 Å². The number of pyridine rings is 2. The summed E-state index contributed by atoms with van der Waals surface area (Å²) in [6, 6.07) is 14.6. The number of aliphatic hydroxyl groups is 1. The number of fused-ring (bicyclic) bond motifs is 2. The number of nitrogens with zero attached hydrogens (tertiary/aromatic N) is 5. The van der Waals surface area contributed by atoms with Gasteiger partial charge in [0.15, 0.2) is 17.3 Å². The van der Waals surface area contributed by atoms with Crippen LogP contribution in [0.5, 0.6) is 11.5 Å². The molecule has 0 aliphatic heterocycles. The molecule has 0 spiro atoms. The molecule has 10 heteroatoms. The minimum Gasteiger partial charge on any atom is -0.493 e. The Hall–Kier alpha value is -4.67. The second-order valence-corrected chi connectivity index (χ2v) is 9.31. The Balaban J connectivity index is 1.52. The largest absolute Gasteiger partial charge is 0.493 e. The molecular formula is C28H21N5O4S. The first-order valence-electron chi connectivity index (χ1n) is 11.7. The van der Waals surface area contributed by atoms with Crippen LogP contribution in [0.1, 0.15) is 5.69 Å². The van der Waals surface area contributed by atoms with Crippen molar-refractivity contribution in [1.82, 2.24) is 24.7 Å². The zero-order valence-electron chi connectivity index (χ0n) is 20.5. The molecule has 0 aliphatic carbocycles. The molecule has 6 aromatic rings. The van der Waals surface area contributed by atoms with Crippen LogP contribution in [-0.4, -0.2) is 44.1 Å². The summed E-state index contributed by atoms with van der Waals surface area (Å²) in [5.74, 6) is 1.47. The van der Waals surface area contributed by atoms with Gasteiger partial charge >= 0.3 is 0 Å². The number of thiazole rings is 1. The van der Waals surface area contributed by atoms with Gasteiger partial charge in [0.05, 0.1) is 43.8 Å². The zero-order chi connectivity index (χ0) is 26.2. The summed E-state index contributed by atoms with van der Waals surface area (Å²) < 4.78 is 12.2. The molecule has 0 fully saturated rings. The van der Waals surface area contributed by atoms with Crippen LogP contribution < -0.4 is 15.0 Å². The molecule has 0 saturated carbocycles. The monoisotopic (exact) mass is 523 g/mol. The van der Waals surface area contributed by atoms with Crippen molar-refractivity contribution in [2.45, 2.75) is 6.61 Å². The molecule has 9 nitrogen and oxygen atoms in total. The summed E-state index contributed by atoms with van der Waals surface area (Å²) in [6.45, 7) is -0.234. The number of aliphatic hydroxyl groups excluding tert-OH is 1. The molecule has 4 heterocycles. The lowest BCUT2D eigenvalue weighted by molar-refractivity contribution is 0.277. The van der Waals surface area contributed by atoms with E-state index in [4.69, 9.17) is 9.47 Å². The quantitative estimate of drug-likeness (QED) is 0.336. The molecule has 4 aromatic heterocycles. The summed E-state index contributed by atoms with van der Waals surface area (Å²) in [5, 5.41) is 19.9. The number of rotatable bonds is 6. The molecule has 38 heavy (non-hydrogen) atoms. The van der Waals surface area contributed by atoms with Crippen LogP contribution >= 0.6 is 11.3 Å². The van der Waals surface area contributed by atoms with Crippen LogP contribution in [0.3, 0.4) is 0 Å². The lowest BCUT2D eigenvalue weighted by Gasteiger charge is -2.14. The fraction of sp³-hybridized carbons (Fsp3) is 0.107. The topological polar surface area (TPSA) is 112 Å². The second-order valence-electron chi connectivity index (χ2n) is 8.42. The average Bonchev–Trinajstić information content (AvgIpc) is 3.51. The fourth-order valence-electron chi connectivity index (χ4n) is 4.50. The Morgan fingerprint density at radius 1 is 0.947 bits per heavy atom. The third-order valence-electron chi connectivity index (χ3n) is 6.28. The molecular weight excluding hydrogens is 502 g/mol. The van der Waals surface area contributed by atoms with Crippen molar-refractivity contribution in [1.29, 1.82) is 0 Å². The summed E-state index contributed by atoms with van der Waals surface area (Å²) in [7, 11) is 3.14. The van der Waals surface area contributed by atoms with E-state index >= 15 is 0 Å². The highest BCUT2D eigenvalue weighted by Crippen LogP contribution is 2.37. The Bertz CT molecular complexity index is 1870. The molecule has 0 unspecified atom stereocenters. The van der Waals surface area contributed by atoms with Crippen molar-refractivity contribution >= 4 is 32.9 Å². The van der Waals surface area contributed by atoms with E-state index in [0.717, 1.165) is 26.7 Å². The Morgan fingerprint density at radius 3 is 2.55 bits per heavy atom. The van der Waals surface area contributed by atoms with Gasteiger partial charge in [0.25, 0.3) is 5.56 Å². The number of hydrogen-bond acceptors (Lipinski definition) is 9. The fourth-order valence-corrected chi connectivity index (χ4v) is 5.17. The smallest absolute Gasteiger partial charge is 0.280 e. The standard InChI is InChI=1S/C28H21N5O4S/c1-36-23-11-17-10-18(15-34)32-26(21(17)13-24(23)37-2)16-6-7-29-25(12-16)33-28(35)20-5-3-4-19(22(20)14-31-33)27-30-8-9-38-27/h3-14,34H,15H2,1-2H3. The van der Waals surface area contributed by atoms with E-state index in [0.29, 0.717) is 39.7 Å². The third kappa shape index (κ3) is 3.96. The van der Waals surface area contributed by atoms with Gasteiger partial charge < -0.3 is 14.6 Å². The third-order valence-corrected chi connectivity index (χ3v) is 7.09. The predicted octanol–water partition coefficient (Wildman–Crippen LogP) is 4.63. The first-order valence-corrected chi connectivity index (χ1v) is 12.5. The highest BCUT2D eigenvalue weighted by atomic mass is 32.1. The molecule has 0 amide bonds. The minimum atomic E-state index is -0.293. The van der Waals surface area contributed by atoms with E-state index in [1.807, 2.05) is 29.6 Å². The highest BCUT2D eigenvalue weighted by Gasteiger charge is 2.16. The minimum absolute atomic E-state index is 0.234. The Morgan fingerprint density at radius 2 is 1.79 bits per heavy atom. The molecule has 188 valence electrons. The molecule has 0 saturated heterocycles. The van der Waals surface area contributed by atoms with Gasteiger partial charge in [-0.05, 0) is 41.8 Å². The lowest BCUT2D eigenvalue weighted by atomic mass is 10.0. The van der Waals surface area contributed by atoms with Crippen molar-refractivity contribution in [3.63, 3.8) is 0 Å². The van der Waals surface area contributed by atoms with Crippen molar-refractivity contribution in [3.8, 4) is 39.1 Å². The van der Waals surface area contributed by atoms with Gasteiger partial charge in [0.2, 0.25) is 0 Å². The maximum atomic E-state index is 13.5. The van der Waals surface area contributed by atoms with E-state index in [2.05, 4.69) is 20.1 Å². The van der Waals surface area contributed by atoms with Gasteiger partial charge in [0.1, 0.15) is 5.01 Å². The second kappa shape index (κ2) is 9.66. The number of methoxy groups -OCH3 is 2. The normalized spacial score (nSPS) is 11.2. The van der Waals surface area contributed by atoms with E-state index < -0.39 is 0 Å². The van der Waals surface area contributed by atoms with Gasteiger partial charge in [-0.3, -0.25) is 4.79 Å². The summed E-state index contributed by atoms with van der Waals surface area (Å²) in [4.78, 5) is 27.0. The van der Waals surface area contributed by atoms with E-state index in [9.17, 15) is 9.90 Å². The summed E-state index contributed by atoms with van der Waals surface area (Å²) >= 11 is 1.50. The number of ether oxygens (including phenoxy) is 2. The average molecular weight is 524 g/mol. The highest BCUT2D eigenvalue weighted by molar-refractivity contribution is 7.13. The Kier molecular flexibility index (Phi) is 6.02. The number of aromatic nitrogens is 5. The number of hydrogen-bond donors (Lipinski definition) is 1. The maximum Gasteiger partial charge on any atom is 0.280 e. The molecule has 0 aliphatic rings. The molecule has 0 bridgehead atoms. The van der Waals surface area contributed by atoms with Gasteiger partial charge in [0, 0.05) is 39.7 Å². The van der Waals surface area contributed by atoms with Crippen LogP contribution in [-0.2, 0) is 6.61 Å². The van der Waals surface area contributed by atoms with Crippen LogP contribution in [0.25, 0.3) is 49.2 Å². The molecule has 0 radical (unpaired) electrons. The van der Waals surface area contributed by atoms with Gasteiger partial charge in [-0.15, -0.1) is 11.3 Å². The summed E-state index contributed by atoms with van der Waals surface area (Å²) in [5.41, 5.74) is 2.37. The van der Waals surface area contributed by atoms with Crippen LogP contribution in [0, 0.1) is 0 Å². The van der Waals surface area contributed by atoms with Crippen molar-refractivity contribution in [3.05, 3.63) is 88.5 Å². The first-order chi connectivity index (χ1) is 18.6. The van der Waals surface area contributed by atoms with Crippen molar-refractivity contribution in [2.75, 3.05) is 14.2 Å². The molecule has 6 rings (SSSR count). The van der Waals surface area contributed by atoms with E-state index in [-0.39, 0.29) is 12.2 Å². The summed E-state index contributed by atoms with van der Waals surface area (Å²) in [6.07, 6.45) is 5.01. The zero-order valence-corrected chi connectivity index (χ0v) is 21.3. The number of benzene rings is 2. The van der Waals surface area contributed by atoms with Crippen LogP contribution in [0.4, 0.5) is 0 Å². The van der Waals surface area contributed by atoms with E-state index in [1.54, 1.807) is 57.1 Å². The van der Waals surface area contributed by atoms with Crippen LogP contribution in [0.2, 0.25) is 0 Å². The van der Waals surface area contributed by atoms with Crippen molar-refractivity contribution in [2.24, 2.45) is 0 Å². The van der Waals surface area contributed by atoms with Crippen molar-refractivity contribution < 1.29 is 14.6 Å². The van der Waals surface area contributed by atoms with Gasteiger partial charge in [-0.25, -0.2) is 15.0 Å². The van der Waals surface area contributed by atoms with Gasteiger partial charge in [-0.2, -0.15) is 9.78 Å². The molecule has 1 N–H and O–H groups in total.